The summed E-state index contributed by atoms with van der Waals surface area (Å²) in [7, 11) is 0. The molecule has 0 aliphatic carbocycles. The van der Waals surface area contributed by atoms with Crippen LogP contribution in [0.25, 0.3) is 0 Å². The molecule has 0 saturated carbocycles. The molecular weight excluding hydrogens is 446 g/mol. The van der Waals surface area contributed by atoms with Crippen molar-refractivity contribution in [3.05, 3.63) is 68.0 Å². The summed E-state index contributed by atoms with van der Waals surface area (Å²) in [5.41, 5.74) is 1.98. The van der Waals surface area contributed by atoms with Crippen LogP contribution in [0.15, 0.2) is 53.0 Å². The number of nitrogens with one attached hydrogen (secondary N) is 2. The second-order valence-electron chi connectivity index (χ2n) is 7.70. The van der Waals surface area contributed by atoms with E-state index < -0.39 is 16.9 Å². The highest BCUT2D eigenvalue weighted by Crippen LogP contribution is 2.31. The third kappa shape index (κ3) is 5.15. The highest BCUT2D eigenvalue weighted by Gasteiger charge is 2.35. The van der Waals surface area contributed by atoms with Gasteiger partial charge in [0.1, 0.15) is 0 Å². The van der Waals surface area contributed by atoms with Crippen molar-refractivity contribution in [2.24, 2.45) is 0 Å². The summed E-state index contributed by atoms with van der Waals surface area (Å²) in [6.07, 6.45) is 0. The van der Waals surface area contributed by atoms with E-state index in [0.717, 1.165) is 23.7 Å². The number of hydrogen-bond donors (Lipinski definition) is 2. The van der Waals surface area contributed by atoms with Gasteiger partial charge in [0.25, 0.3) is 5.69 Å². The first-order valence-corrected chi connectivity index (χ1v) is 11.6. The van der Waals surface area contributed by atoms with Gasteiger partial charge < -0.3 is 20.3 Å². The van der Waals surface area contributed by atoms with E-state index in [1.54, 1.807) is 19.1 Å². The number of nitro groups is 1. The predicted molar refractivity (Wildman–Crippen MR) is 124 cm³/mol. The molecule has 2 aliphatic rings. The molecule has 174 valence electrons. The number of carbonyl (C=O) groups is 2. The number of carbonyl (C=O) groups excluding carboxylic acids is 2. The number of hydrogen-bond acceptors (Lipinski definition) is 8. The molecule has 11 heteroatoms. The summed E-state index contributed by atoms with van der Waals surface area (Å²) in [5.74, 6) is -0.442. The molecule has 1 fully saturated rings. The third-order valence-corrected chi connectivity index (χ3v) is 6.59. The van der Waals surface area contributed by atoms with E-state index >= 15 is 0 Å². The van der Waals surface area contributed by atoms with E-state index in [2.05, 4.69) is 20.4 Å². The zero-order valence-corrected chi connectivity index (χ0v) is 19.0. The molecule has 0 radical (unpaired) electrons. The molecule has 1 saturated heterocycles. The summed E-state index contributed by atoms with van der Waals surface area (Å²) in [4.78, 5) is 40.9. The fourth-order valence-corrected chi connectivity index (χ4v) is 4.82. The summed E-state index contributed by atoms with van der Waals surface area (Å²) in [6.45, 7) is 5.28. The molecule has 2 aromatic rings. The van der Waals surface area contributed by atoms with Gasteiger partial charge in [-0.1, -0.05) is 6.07 Å². The van der Waals surface area contributed by atoms with Crippen molar-refractivity contribution in [3.8, 4) is 0 Å². The number of non-ortho nitro benzene ring substituents is 1. The number of amides is 2. The fourth-order valence-electron chi connectivity index (χ4n) is 4.03. The summed E-state index contributed by atoms with van der Waals surface area (Å²) in [6, 6.07) is 9.41. The molecule has 0 bridgehead atoms. The first-order chi connectivity index (χ1) is 16.0. The largest absolute Gasteiger partial charge is 0.463 e. The van der Waals surface area contributed by atoms with Gasteiger partial charge in [0, 0.05) is 61.1 Å². The quantitative estimate of drug-likeness (QED) is 0.362. The molecule has 1 aromatic heterocycles. The van der Waals surface area contributed by atoms with Crippen LogP contribution in [0, 0.1) is 10.1 Å². The zero-order valence-electron chi connectivity index (χ0n) is 18.2. The number of thiophene rings is 1. The molecule has 1 aromatic carbocycles. The lowest BCUT2D eigenvalue weighted by Crippen LogP contribution is -2.51. The van der Waals surface area contributed by atoms with Crippen LogP contribution in [0.5, 0.6) is 0 Å². The molecular formula is C22H25N5O5S. The summed E-state index contributed by atoms with van der Waals surface area (Å²) >= 11 is 1.47. The van der Waals surface area contributed by atoms with Gasteiger partial charge in [-0.15, -0.1) is 11.3 Å². The van der Waals surface area contributed by atoms with Gasteiger partial charge in [-0.25, -0.2) is 9.59 Å². The maximum Gasteiger partial charge on any atom is 0.338 e. The minimum Gasteiger partial charge on any atom is -0.463 e. The number of esters is 1. The Morgan fingerprint density at radius 3 is 2.55 bits per heavy atom. The summed E-state index contributed by atoms with van der Waals surface area (Å²) < 4.78 is 5.31. The Bertz CT molecular complexity index is 1050. The normalized spacial score (nSPS) is 19.1. The molecule has 1 atom stereocenters. The van der Waals surface area contributed by atoms with E-state index in [1.807, 2.05) is 17.5 Å². The predicted octanol–water partition coefficient (Wildman–Crippen LogP) is 2.65. The molecule has 33 heavy (non-hydrogen) atoms. The number of urea groups is 1. The van der Waals surface area contributed by atoms with Gasteiger partial charge in [0.2, 0.25) is 0 Å². The van der Waals surface area contributed by atoms with Crippen LogP contribution in [-0.2, 0) is 9.53 Å². The van der Waals surface area contributed by atoms with Gasteiger partial charge in [-0.2, -0.15) is 0 Å². The van der Waals surface area contributed by atoms with Gasteiger partial charge in [0.15, 0.2) is 0 Å². The van der Waals surface area contributed by atoms with Crippen LogP contribution in [0.1, 0.15) is 17.8 Å². The molecule has 0 unspecified atom stereocenters. The highest BCUT2D eigenvalue weighted by atomic mass is 32.1. The Hall–Kier alpha value is -3.44. The van der Waals surface area contributed by atoms with E-state index in [-0.39, 0.29) is 18.3 Å². The van der Waals surface area contributed by atoms with Crippen LogP contribution in [0.2, 0.25) is 0 Å². The number of anilines is 1. The fraction of sp³-hybridized carbons (Fsp3) is 0.364. The molecule has 4 rings (SSSR count). The lowest BCUT2D eigenvalue weighted by molar-refractivity contribution is -0.384. The van der Waals surface area contributed by atoms with Crippen molar-refractivity contribution in [1.29, 1.82) is 0 Å². The number of nitro benzene ring substituents is 1. The van der Waals surface area contributed by atoms with Crippen molar-refractivity contribution in [1.82, 2.24) is 15.5 Å². The average molecular weight is 472 g/mol. The Morgan fingerprint density at radius 2 is 1.94 bits per heavy atom. The van der Waals surface area contributed by atoms with E-state index in [0.29, 0.717) is 30.9 Å². The molecule has 0 spiro atoms. The first kappa shape index (κ1) is 22.7. The van der Waals surface area contributed by atoms with Crippen molar-refractivity contribution in [2.75, 3.05) is 44.2 Å². The standard InChI is InChI=1S/C22H25N5O5S/c1-2-32-21(28)19-17(23-22(29)24-20(19)18-4-3-13-33-18)14-25-9-11-26(12-10-25)15-5-7-16(8-6-15)27(30)31/h3-8,13,20H,2,9-12,14H2,1H3,(H2,23,24,29)/t20-/m1/s1. The monoisotopic (exact) mass is 471 g/mol. The van der Waals surface area contributed by atoms with Crippen LogP contribution < -0.4 is 15.5 Å². The Balaban J connectivity index is 1.49. The van der Waals surface area contributed by atoms with Gasteiger partial charge >= 0.3 is 12.0 Å². The SMILES string of the molecule is CCOC(=O)C1=C(CN2CCN(c3ccc([N+](=O)[O-])cc3)CC2)NC(=O)N[C@@H]1c1cccs1. The average Bonchev–Trinajstić information content (AvgIpc) is 3.34. The smallest absolute Gasteiger partial charge is 0.338 e. The van der Waals surface area contributed by atoms with Crippen LogP contribution in [-0.4, -0.2) is 61.2 Å². The minimum atomic E-state index is -0.547. The van der Waals surface area contributed by atoms with Crippen molar-refractivity contribution >= 4 is 34.7 Å². The maximum atomic E-state index is 12.8. The highest BCUT2D eigenvalue weighted by molar-refractivity contribution is 7.10. The van der Waals surface area contributed by atoms with Gasteiger partial charge in [0.05, 0.1) is 23.1 Å². The third-order valence-electron chi connectivity index (χ3n) is 5.66. The van der Waals surface area contributed by atoms with Crippen molar-refractivity contribution in [3.63, 3.8) is 0 Å². The van der Waals surface area contributed by atoms with Crippen LogP contribution in [0.4, 0.5) is 16.2 Å². The first-order valence-electron chi connectivity index (χ1n) is 10.7. The Kier molecular flexibility index (Phi) is 6.90. The maximum absolute atomic E-state index is 12.8. The summed E-state index contributed by atoms with van der Waals surface area (Å²) in [5, 5.41) is 18.4. The second-order valence-corrected chi connectivity index (χ2v) is 8.68. The molecule has 10 nitrogen and oxygen atoms in total. The zero-order chi connectivity index (χ0) is 23.4. The molecule has 3 heterocycles. The Morgan fingerprint density at radius 1 is 1.21 bits per heavy atom. The van der Waals surface area contributed by atoms with E-state index in [4.69, 9.17) is 4.74 Å². The van der Waals surface area contributed by atoms with Gasteiger partial charge in [-0.05, 0) is 30.5 Å². The van der Waals surface area contributed by atoms with Crippen molar-refractivity contribution < 1.29 is 19.2 Å². The van der Waals surface area contributed by atoms with E-state index in [9.17, 15) is 19.7 Å². The lowest BCUT2D eigenvalue weighted by Gasteiger charge is -2.37. The lowest BCUT2D eigenvalue weighted by atomic mass is 10.0. The Labute approximate surface area is 195 Å². The number of nitrogens with zero attached hydrogens (tertiary/aromatic N) is 3. The number of rotatable bonds is 7. The van der Waals surface area contributed by atoms with Crippen LogP contribution in [0.3, 0.4) is 0 Å². The molecule has 2 amide bonds. The number of ether oxygens (including phenoxy) is 1. The number of piperazine rings is 1. The second kappa shape index (κ2) is 10.0. The van der Waals surface area contributed by atoms with Crippen LogP contribution >= 0.6 is 11.3 Å². The molecule has 2 N–H and O–H groups in total. The van der Waals surface area contributed by atoms with Crippen molar-refractivity contribution in [2.45, 2.75) is 13.0 Å². The minimum absolute atomic E-state index is 0.0674. The topological polar surface area (TPSA) is 117 Å². The van der Waals surface area contributed by atoms with E-state index in [1.165, 1.54) is 23.5 Å². The molecule has 2 aliphatic heterocycles. The van der Waals surface area contributed by atoms with Gasteiger partial charge in [-0.3, -0.25) is 15.0 Å². The number of benzene rings is 1.